The van der Waals surface area contributed by atoms with Crippen LogP contribution in [0.3, 0.4) is 0 Å². The number of benzene rings is 2. The molecule has 0 spiro atoms. The monoisotopic (exact) mass is 686 g/mol. The zero-order chi connectivity index (χ0) is 34.9. The first-order valence-corrected chi connectivity index (χ1v) is 15.5. The molecular weight excluding hydrogens is 653 g/mol. The van der Waals surface area contributed by atoms with Gasteiger partial charge >= 0.3 is 18.4 Å². The minimum atomic E-state index is -4.72. The molecule has 2 aromatic carbocycles. The second kappa shape index (κ2) is 15.5. The van der Waals surface area contributed by atoms with Gasteiger partial charge in [0, 0.05) is 12.5 Å². The van der Waals surface area contributed by atoms with Gasteiger partial charge < -0.3 is 19.4 Å². The summed E-state index contributed by atoms with van der Waals surface area (Å²) < 4.78 is 83.1. The van der Waals surface area contributed by atoms with Crippen molar-refractivity contribution in [2.75, 3.05) is 19.7 Å². The first-order chi connectivity index (χ1) is 22.0. The van der Waals surface area contributed by atoms with Gasteiger partial charge in [-0.15, -0.1) is 5.01 Å². The largest absolute Gasteiger partial charge is 0.569 e. The quantitative estimate of drug-likeness (QED) is 0.0809. The summed E-state index contributed by atoms with van der Waals surface area (Å²) in [4.78, 5) is 28.1. The number of rotatable bonds is 13. The third-order valence-electron chi connectivity index (χ3n) is 6.01. The van der Waals surface area contributed by atoms with Crippen molar-refractivity contribution in [3.8, 4) is 16.9 Å². The van der Waals surface area contributed by atoms with E-state index >= 15 is 0 Å². The van der Waals surface area contributed by atoms with Crippen molar-refractivity contribution in [1.29, 1.82) is 0 Å². The number of hydrogen-bond acceptors (Lipinski definition) is 11. The molecule has 3 aromatic rings. The van der Waals surface area contributed by atoms with E-state index in [4.69, 9.17) is 19.0 Å². The normalized spacial score (nSPS) is 12.7. The minimum Gasteiger partial charge on any atom is -0.569 e. The summed E-state index contributed by atoms with van der Waals surface area (Å²) in [6.45, 7) is 7.31. The number of likely N-dealkylation sites (N-methyl/N-ethyl adjacent to an activating group) is 1. The Morgan fingerprint density at radius 2 is 1.72 bits per heavy atom. The summed E-state index contributed by atoms with van der Waals surface area (Å²) >= 11 is 0. The van der Waals surface area contributed by atoms with Crippen LogP contribution in [0.2, 0.25) is 0 Å². The van der Waals surface area contributed by atoms with Gasteiger partial charge in [0.25, 0.3) is 16.3 Å². The highest BCUT2D eigenvalue weighted by molar-refractivity contribution is 7.90. The molecule has 0 fully saturated rings. The van der Waals surface area contributed by atoms with Crippen LogP contribution in [0.4, 0.5) is 22.8 Å². The van der Waals surface area contributed by atoms with Crippen molar-refractivity contribution in [2.24, 2.45) is 5.28 Å². The van der Waals surface area contributed by atoms with E-state index in [1.165, 1.54) is 19.1 Å². The number of nitrogens with one attached hydrogen (secondary N) is 1. The number of aromatic nitrogens is 2. The van der Waals surface area contributed by atoms with Crippen LogP contribution >= 0.6 is 0 Å². The summed E-state index contributed by atoms with van der Waals surface area (Å²) in [5.41, 5.74) is 0.474. The lowest BCUT2D eigenvalue weighted by molar-refractivity contribution is -0.712. The van der Waals surface area contributed by atoms with Crippen LogP contribution in [-0.2, 0) is 35.2 Å². The van der Waals surface area contributed by atoms with Crippen molar-refractivity contribution in [1.82, 2.24) is 19.5 Å². The molecule has 1 aromatic heterocycles. The predicted molar refractivity (Wildman–Crippen MR) is 157 cm³/mol. The van der Waals surface area contributed by atoms with E-state index in [1.807, 2.05) is 6.92 Å². The number of alkyl halides is 3. The van der Waals surface area contributed by atoms with E-state index in [0.717, 1.165) is 33.5 Å². The molecule has 0 saturated carbocycles. The molecule has 1 heterocycles. The smallest absolute Gasteiger partial charge is 0.511 e. The number of carbonyl (C=O) groups excluding carboxylic acids is 2. The number of halogens is 3. The number of hydrogen-bond donors (Lipinski definition) is 1. The van der Waals surface area contributed by atoms with Gasteiger partial charge in [-0.3, -0.25) is 4.84 Å². The van der Waals surface area contributed by atoms with Gasteiger partial charge in [-0.1, -0.05) is 29.8 Å². The molecule has 47 heavy (non-hydrogen) atoms. The fraction of sp³-hybridized carbons (Fsp3) is 0.393. The fourth-order valence-corrected chi connectivity index (χ4v) is 4.65. The third-order valence-corrected chi connectivity index (χ3v) is 7.33. The first-order valence-electron chi connectivity index (χ1n) is 14.0. The highest BCUT2D eigenvalue weighted by Gasteiger charge is 2.35. The van der Waals surface area contributed by atoms with Crippen LogP contribution in [0.15, 0.2) is 64.8 Å². The highest BCUT2D eigenvalue weighted by atomic mass is 32.2. The lowest BCUT2D eigenvalue weighted by atomic mass is 10.1. The summed E-state index contributed by atoms with van der Waals surface area (Å²) in [6, 6.07) is 12.3. The van der Waals surface area contributed by atoms with Gasteiger partial charge in [-0.25, -0.2) is 27.4 Å². The lowest BCUT2D eigenvalue weighted by Crippen LogP contribution is -2.37. The Labute approximate surface area is 268 Å². The number of hydrazine groups is 1. The Bertz CT molecular complexity index is 1660. The highest BCUT2D eigenvalue weighted by Crippen LogP contribution is 2.33. The van der Waals surface area contributed by atoms with Gasteiger partial charge in [-0.2, -0.15) is 18.3 Å². The van der Waals surface area contributed by atoms with Gasteiger partial charge in [0.05, 0.1) is 33.9 Å². The molecule has 3 rings (SSSR count). The maximum absolute atomic E-state index is 13.5. The molecule has 19 heteroatoms. The summed E-state index contributed by atoms with van der Waals surface area (Å²) in [5, 5.41) is 20.1. The molecule has 0 aliphatic rings. The second-order valence-corrected chi connectivity index (χ2v) is 11.7. The molecule has 0 aliphatic carbocycles. The molecule has 15 nitrogen and oxygen atoms in total. The van der Waals surface area contributed by atoms with Crippen molar-refractivity contribution < 1.29 is 55.2 Å². The number of amides is 1. The van der Waals surface area contributed by atoms with E-state index in [9.17, 15) is 36.4 Å². The van der Waals surface area contributed by atoms with E-state index in [2.05, 4.69) is 10.4 Å². The Kier molecular flexibility index (Phi) is 12.0. The van der Waals surface area contributed by atoms with Gasteiger partial charge in [0.2, 0.25) is 5.28 Å². The molecule has 0 saturated heterocycles. The second-order valence-electron chi connectivity index (χ2n) is 10.0. The molecule has 1 unspecified atom stereocenters. The SMILES string of the molecule is CCN(CCOC(=O)NS(=O)(=O)c1ccc(-n2nc(C(F)(F)F)cc2-c2ccc(C)cc2)cc1)/[N+]([O-])=N/OC(C)OC(=O)OC(C)C. The van der Waals surface area contributed by atoms with Gasteiger partial charge in [0.1, 0.15) is 13.2 Å². The third kappa shape index (κ3) is 10.5. The Hall–Kier alpha value is -5.07. The van der Waals surface area contributed by atoms with Crippen LogP contribution < -0.4 is 4.72 Å². The summed E-state index contributed by atoms with van der Waals surface area (Å²) in [5.74, 6) is 0. The van der Waals surface area contributed by atoms with Gasteiger partial charge in [-0.05, 0) is 58.0 Å². The zero-order valence-corrected chi connectivity index (χ0v) is 26.7. The van der Waals surface area contributed by atoms with Crippen LogP contribution in [-0.4, -0.2) is 72.5 Å². The Morgan fingerprint density at radius 1 is 1.09 bits per heavy atom. The fourth-order valence-electron chi connectivity index (χ4n) is 3.75. The van der Waals surface area contributed by atoms with E-state index in [-0.39, 0.29) is 34.3 Å². The van der Waals surface area contributed by atoms with Crippen LogP contribution in [0.25, 0.3) is 16.9 Å². The number of carbonyl (C=O) groups is 2. The maximum Gasteiger partial charge on any atom is 0.511 e. The van der Waals surface area contributed by atoms with E-state index < -0.39 is 53.1 Å². The van der Waals surface area contributed by atoms with Crippen LogP contribution in [0.1, 0.15) is 39.0 Å². The summed E-state index contributed by atoms with van der Waals surface area (Å²) in [6.07, 6.45) is -8.80. The number of nitrogens with zero attached hydrogens (tertiary/aromatic N) is 5. The van der Waals surface area contributed by atoms with E-state index in [0.29, 0.717) is 5.56 Å². The molecule has 1 amide bonds. The molecule has 1 N–H and O–H groups in total. The minimum absolute atomic E-state index is 0.0225. The molecule has 0 bridgehead atoms. The molecular formula is C28H33F3N6O9S. The Morgan fingerprint density at radius 3 is 2.30 bits per heavy atom. The average molecular weight is 687 g/mol. The topological polar surface area (TPSA) is 177 Å². The standard InChI is InChI=1S/C28H33F3N6O9S/c1-6-35(37(40)34-46-20(5)45-27(39)44-18(2)3)15-16-43-26(38)33-47(41,42)23-13-11-22(12-14-23)36-24(17-25(32-36)28(29,30)31)21-9-7-19(4)8-10-21/h7-14,17-18,20H,6,15-16H2,1-5H3,(H,33,38)/b37-34-. The number of ether oxygens (including phenoxy) is 3. The molecule has 0 aliphatic heterocycles. The first kappa shape index (κ1) is 36.4. The van der Waals surface area contributed by atoms with Crippen molar-refractivity contribution in [2.45, 2.75) is 58.1 Å². The number of sulfonamides is 1. The molecule has 1 atom stereocenters. The average Bonchev–Trinajstić information content (AvgIpc) is 3.44. The maximum atomic E-state index is 13.5. The Balaban J connectivity index is 1.61. The van der Waals surface area contributed by atoms with Crippen molar-refractivity contribution >= 4 is 22.3 Å². The molecule has 256 valence electrons. The number of aryl methyl sites for hydroxylation is 1. The van der Waals surface area contributed by atoms with E-state index in [1.54, 1.807) is 49.8 Å². The predicted octanol–water partition coefficient (Wildman–Crippen LogP) is 5.32. The lowest BCUT2D eigenvalue weighted by Gasteiger charge is -2.17. The van der Waals surface area contributed by atoms with Crippen LogP contribution in [0, 0.1) is 12.1 Å². The van der Waals surface area contributed by atoms with Crippen molar-refractivity contribution in [3.05, 3.63) is 71.1 Å². The van der Waals surface area contributed by atoms with Crippen molar-refractivity contribution in [3.63, 3.8) is 0 Å². The summed E-state index contributed by atoms with van der Waals surface area (Å²) in [7, 11) is -4.46. The van der Waals surface area contributed by atoms with Gasteiger partial charge in [0.15, 0.2) is 5.69 Å². The van der Waals surface area contributed by atoms with Crippen LogP contribution in [0.5, 0.6) is 0 Å². The zero-order valence-electron chi connectivity index (χ0n) is 25.9. The molecule has 0 radical (unpaired) electrons.